The molecule has 1 aliphatic rings. The van der Waals surface area contributed by atoms with E-state index in [-0.39, 0.29) is 5.91 Å². The molecular formula is C22H22N4O2. The molecule has 1 aromatic heterocycles. The molecule has 2 heterocycles. The van der Waals surface area contributed by atoms with Crippen LogP contribution in [0, 0.1) is 0 Å². The van der Waals surface area contributed by atoms with Crippen LogP contribution in [0.2, 0.25) is 0 Å². The summed E-state index contributed by atoms with van der Waals surface area (Å²) in [5.74, 6) is 1.35. The molecular weight excluding hydrogens is 352 g/mol. The van der Waals surface area contributed by atoms with E-state index in [0.717, 1.165) is 42.9 Å². The first-order valence-electron chi connectivity index (χ1n) is 9.45. The molecule has 28 heavy (non-hydrogen) atoms. The fraction of sp³-hybridized carbons (Fsp3) is 0.227. The zero-order valence-electron chi connectivity index (χ0n) is 15.5. The molecule has 0 saturated carbocycles. The molecule has 0 aliphatic carbocycles. The summed E-state index contributed by atoms with van der Waals surface area (Å²) in [6.07, 6.45) is 2.12. The van der Waals surface area contributed by atoms with Crippen LogP contribution in [0.1, 0.15) is 28.9 Å². The van der Waals surface area contributed by atoms with E-state index in [2.05, 4.69) is 15.5 Å². The topological polar surface area (TPSA) is 67.3 Å². The van der Waals surface area contributed by atoms with Crippen molar-refractivity contribution in [3.8, 4) is 5.75 Å². The quantitative estimate of drug-likeness (QED) is 0.705. The van der Waals surface area contributed by atoms with Crippen LogP contribution in [-0.2, 0) is 6.61 Å². The predicted molar refractivity (Wildman–Crippen MR) is 108 cm³/mol. The summed E-state index contributed by atoms with van der Waals surface area (Å²) < 4.78 is 5.79. The number of hydrogen-bond acceptors (Lipinski definition) is 5. The van der Waals surface area contributed by atoms with Gasteiger partial charge in [0, 0.05) is 18.8 Å². The number of rotatable bonds is 6. The zero-order chi connectivity index (χ0) is 19.2. The van der Waals surface area contributed by atoms with Crippen LogP contribution in [0.4, 0.5) is 11.5 Å². The van der Waals surface area contributed by atoms with Gasteiger partial charge in [0.25, 0.3) is 5.91 Å². The number of ether oxygens (including phenoxy) is 1. The number of hydrogen-bond donors (Lipinski definition) is 1. The Morgan fingerprint density at radius 2 is 1.68 bits per heavy atom. The van der Waals surface area contributed by atoms with Gasteiger partial charge in [-0.25, -0.2) is 0 Å². The monoisotopic (exact) mass is 374 g/mol. The smallest absolute Gasteiger partial charge is 0.274 e. The van der Waals surface area contributed by atoms with Crippen molar-refractivity contribution in [2.45, 2.75) is 19.4 Å². The normalized spacial score (nSPS) is 13.4. The molecule has 142 valence electrons. The van der Waals surface area contributed by atoms with Crippen molar-refractivity contribution in [3.05, 3.63) is 78.0 Å². The summed E-state index contributed by atoms with van der Waals surface area (Å²) in [7, 11) is 0. The largest absolute Gasteiger partial charge is 0.489 e. The Morgan fingerprint density at radius 1 is 0.929 bits per heavy atom. The Labute approximate surface area is 164 Å². The molecule has 1 N–H and O–H groups in total. The predicted octanol–water partition coefficient (Wildman–Crippen LogP) is 4.04. The number of nitrogens with one attached hydrogen (secondary N) is 1. The number of carbonyl (C=O) groups excluding carboxylic acids is 1. The van der Waals surface area contributed by atoms with E-state index >= 15 is 0 Å². The van der Waals surface area contributed by atoms with Crippen LogP contribution >= 0.6 is 0 Å². The molecule has 1 saturated heterocycles. The van der Waals surface area contributed by atoms with Crippen molar-refractivity contribution in [2.75, 3.05) is 18.4 Å². The minimum Gasteiger partial charge on any atom is -0.489 e. The van der Waals surface area contributed by atoms with Crippen molar-refractivity contribution >= 4 is 17.4 Å². The van der Waals surface area contributed by atoms with Gasteiger partial charge in [-0.3, -0.25) is 4.79 Å². The molecule has 6 nitrogen and oxygen atoms in total. The average molecular weight is 374 g/mol. The van der Waals surface area contributed by atoms with Crippen molar-refractivity contribution < 1.29 is 9.53 Å². The highest BCUT2D eigenvalue weighted by Crippen LogP contribution is 2.20. The fourth-order valence-corrected chi connectivity index (χ4v) is 3.12. The number of nitrogens with zero attached hydrogens (tertiary/aromatic N) is 3. The van der Waals surface area contributed by atoms with E-state index in [1.165, 1.54) is 0 Å². The van der Waals surface area contributed by atoms with Gasteiger partial charge in [-0.05, 0) is 54.8 Å². The Morgan fingerprint density at radius 3 is 2.36 bits per heavy atom. The Balaban J connectivity index is 1.33. The van der Waals surface area contributed by atoms with Gasteiger partial charge in [-0.15, -0.1) is 10.2 Å². The minimum atomic E-state index is -0.0449. The molecule has 1 amide bonds. The van der Waals surface area contributed by atoms with Gasteiger partial charge in [0.1, 0.15) is 12.4 Å². The second-order valence-electron chi connectivity index (χ2n) is 6.73. The fourth-order valence-electron chi connectivity index (χ4n) is 3.12. The molecule has 6 heteroatoms. The van der Waals surface area contributed by atoms with Gasteiger partial charge < -0.3 is 15.0 Å². The lowest BCUT2D eigenvalue weighted by atomic mass is 10.2. The van der Waals surface area contributed by atoms with Crippen LogP contribution in [-0.4, -0.2) is 34.1 Å². The first kappa shape index (κ1) is 18.0. The number of carbonyl (C=O) groups is 1. The maximum absolute atomic E-state index is 12.3. The maximum Gasteiger partial charge on any atom is 0.274 e. The van der Waals surface area contributed by atoms with Crippen LogP contribution in [0.5, 0.6) is 5.75 Å². The first-order valence-corrected chi connectivity index (χ1v) is 9.45. The summed E-state index contributed by atoms with van der Waals surface area (Å²) in [4.78, 5) is 14.1. The second kappa shape index (κ2) is 8.52. The highest BCUT2D eigenvalue weighted by molar-refractivity contribution is 5.92. The lowest BCUT2D eigenvalue weighted by Gasteiger charge is -2.14. The number of aromatic nitrogens is 2. The zero-order valence-corrected chi connectivity index (χ0v) is 15.5. The second-order valence-corrected chi connectivity index (χ2v) is 6.73. The highest BCUT2D eigenvalue weighted by atomic mass is 16.5. The summed E-state index contributed by atoms with van der Waals surface area (Å²) in [6, 6.07) is 21.2. The van der Waals surface area contributed by atoms with Gasteiger partial charge >= 0.3 is 0 Å². The number of benzene rings is 2. The third-order valence-electron chi connectivity index (χ3n) is 4.65. The van der Waals surface area contributed by atoms with Crippen molar-refractivity contribution in [1.82, 2.24) is 15.1 Å². The molecule has 1 fully saturated rings. The Bertz CT molecular complexity index is 906. The van der Waals surface area contributed by atoms with Crippen LogP contribution in [0.15, 0.2) is 66.7 Å². The van der Waals surface area contributed by atoms with Crippen molar-refractivity contribution in [1.29, 1.82) is 0 Å². The minimum absolute atomic E-state index is 0.0449. The van der Waals surface area contributed by atoms with E-state index in [9.17, 15) is 4.79 Å². The molecule has 0 bridgehead atoms. The van der Waals surface area contributed by atoms with E-state index in [1.54, 1.807) is 12.1 Å². The summed E-state index contributed by atoms with van der Waals surface area (Å²) in [5, 5.41) is 11.4. The van der Waals surface area contributed by atoms with Crippen molar-refractivity contribution in [2.24, 2.45) is 0 Å². The standard InChI is InChI=1S/C22H22N4O2/c27-22(26-14-4-5-15-26)20-12-13-21(25-24-20)23-18-8-10-19(11-9-18)28-16-17-6-2-1-3-7-17/h1-3,6-13H,4-5,14-16H2,(H,23,25). The number of anilines is 2. The van der Waals surface area contributed by atoms with E-state index in [4.69, 9.17) is 4.74 Å². The van der Waals surface area contributed by atoms with Gasteiger partial charge in [0.05, 0.1) is 0 Å². The summed E-state index contributed by atoms with van der Waals surface area (Å²) in [6.45, 7) is 2.14. The van der Waals surface area contributed by atoms with E-state index < -0.39 is 0 Å². The maximum atomic E-state index is 12.3. The first-order chi connectivity index (χ1) is 13.8. The number of likely N-dealkylation sites (tertiary alicyclic amines) is 1. The molecule has 3 aromatic rings. The molecule has 2 aromatic carbocycles. The molecule has 0 atom stereocenters. The Kier molecular flexibility index (Phi) is 5.47. The lowest BCUT2D eigenvalue weighted by Crippen LogP contribution is -2.28. The summed E-state index contributed by atoms with van der Waals surface area (Å²) in [5.41, 5.74) is 2.39. The van der Waals surface area contributed by atoms with Gasteiger partial charge in [0.15, 0.2) is 11.5 Å². The molecule has 4 rings (SSSR count). The highest BCUT2D eigenvalue weighted by Gasteiger charge is 2.20. The third-order valence-corrected chi connectivity index (χ3v) is 4.65. The molecule has 0 spiro atoms. The lowest BCUT2D eigenvalue weighted by molar-refractivity contribution is 0.0786. The van der Waals surface area contributed by atoms with Gasteiger partial charge in [-0.2, -0.15) is 0 Å². The molecule has 0 unspecified atom stereocenters. The Hall–Kier alpha value is -3.41. The summed E-state index contributed by atoms with van der Waals surface area (Å²) >= 11 is 0. The van der Waals surface area contributed by atoms with E-state index in [1.807, 2.05) is 59.5 Å². The van der Waals surface area contributed by atoms with Crippen LogP contribution in [0.3, 0.4) is 0 Å². The third kappa shape index (κ3) is 4.46. The number of amides is 1. The SMILES string of the molecule is O=C(c1ccc(Nc2ccc(OCc3ccccc3)cc2)nn1)N1CCCC1. The van der Waals surface area contributed by atoms with Crippen LogP contribution < -0.4 is 10.1 Å². The average Bonchev–Trinajstić information content (AvgIpc) is 3.29. The van der Waals surface area contributed by atoms with Gasteiger partial charge in [-0.1, -0.05) is 30.3 Å². The van der Waals surface area contributed by atoms with Crippen molar-refractivity contribution in [3.63, 3.8) is 0 Å². The molecule has 0 radical (unpaired) electrons. The van der Waals surface area contributed by atoms with Gasteiger partial charge in [0.2, 0.25) is 0 Å². The van der Waals surface area contributed by atoms with Crippen LogP contribution in [0.25, 0.3) is 0 Å². The molecule has 1 aliphatic heterocycles. The van der Waals surface area contributed by atoms with E-state index in [0.29, 0.717) is 18.1 Å².